The molecule has 1 unspecified atom stereocenters. The molecule has 21 heavy (non-hydrogen) atoms. The van der Waals surface area contributed by atoms with Gasteiger partial charge in [-0.15, -0.1) is 0 Å². The van der Waals surface area contributed by atoms with E-state index >= 15 is 0 Å². The maximum absolute atomic E-state index is 11.9. The van der Waals surface area contributed by atoms with E-state index in [9.17, 15) is 4.79 Å². The van der Waals surface area contributed by atoms with Crippen LogP contribution < -0.4 is 10.6 Å². The Balaban J connectivity index is 1.96. The van der Waals surface area contributed by atoms with Crippen molar-refractivity contribution in [2.75, 3.05) is 13.1 Å². The average Bonchev–Trinajstić information content (AvgIpc) is 2.95. The Hall–Kier alpha value is -1.36. The SMILES string of the molecule is CCC(C)NC(=O)CCn1cncc1C1(C)CCNCC1. The van der Waals surface area contributed by atoms with Crippen LogP contribution in [0.3, 0.4) is 0 Å². The monoisotopic (exact) mass is 292 g/mol. The number of aromatic nitrogens is 2. The van der Waals surface area contributed by atoms with Gasteiger partial charge in [-0.2, -0.15) is 0 Å². The van der Waals surface area contributed by atoms with Crippen LogP contribution in [0, 0.1) is 0 Å². The number of piperidine rings is 1. The number of imidazole rings is 1. The van der Waals surface area contributed by atoms with E-state index in [4.69, 9.17) is 0 Å². The van der Waals surface area contributed by atoms with Crippen molar-refractivity contribution in [2.24, 2.45) is 0 Å². The Morgan fingerprint density at radius 1 is 1.52 bits per heavy atom. The summed E-state index contributed by atoms with van der Waals surface area (Å²) in [4.78, 5) is 16.2. The van der Waals surface area contributed by atoms with Crippen LogP contribution in [0.1, 0.15) is 52.1 Å². The summed E-state index contributed by atoms with van der Waals surface area (Å²) in [7, 11) is 0. The number of carbonyl (C=O) groups is 1. The largest absolute Gasteiger partial charge is 0.354 e. The molecule has 5 nitrogen and oxygen atoms in total. The van der Waals surface area contributed by atoms with Gasteiger partial charge in [0.2, 0.25) is 5.91 Å². The summed E-state index contributed by atoms with van der Waals surface area (Å²) in [5.41, 5.74) is 1.44. The van der Waals surface area contributed by atoms with Gasteiger partial charge in [0, 0.05) is 36.3 Å². The lowest BCUT2D eigenvalue weighted by Crippen LogP contribution is -2.39. The molecule has 1 aliphatic rings. The highest BCUT2D eigenvalue weighted by Gasteiger charge is 2.31. The molecule has 1 fully saturated rings. The lowest BCUT2D eigenvalue weighted by atomic mass is 9.78. The molecule has 1 atom stereocenters. The third-order valence-corrected chi connectivity index (χ3v) is 4.64. The first-order chi connectivity index (χ1) is 10.0. The van der Waals surface area contributed by atoms with Crippen LogP contribution in [0.15, 0.2) is 12.5 Å². The highest BCUT2D eigenvalue weighted by atomic mass is 16.1. The van der Waals surface area contributed by atoms with Gasteiger partial charge < -0.3 is 15.2 Å². The van der Waals surface area contributed by atoms with Gasteiger partial charge in [0.25, 0.3) is 0 Å². The molecule has 1 amide bonds. The third-order valence-electron chi connectivity index (χ3n) is 4.64. The molecule has 118 valence electrons. The van der Waals surface area contributed by atoms with Gasteiger partial charge in [-0.1, -0.05) is 13.8 Å². The summed E-state index contributed by atoms with van der Waals surface area (Å²) in [5, 5.41) is 6.42. The van der Waals surface area contributed by atoms with Crippen LogP contribution in [0.25, 0.3) is 0 Å². The Morgan fingerprint density at radius 2 is 2.24 bits per heavy atom. The molecule has 0 radical (unpaired) electrons. The first-order valence-corrected chi connectivity index (χ1v) is 8.06. The number of amides is 1. The van der Waals surface area contributed by atoms with Crippen LogP contribution in [-0.4, -0.2) is 34.6 Å². The number of rotatable bonds is 6. The summed E-state index contributed by atoms with van der Waals surface area (Å²) in [6.45, 7) is 9.24. The average molecular weight is 292 g/mol. The van der Waals surface area contributed by atoms with Gasteiger partial charge >= 0.3 is 0 Å². The molecule has 1 saturated heterocycles. The molecule has 5 heteroatoms. The highest BCUT2D eigenvalue weighted by Crippen LogP contribution is 2.32. The van der Waals surface area contributed by atoms with E-state index in [1.165, 1.54) is 5.69 Å². The molecule has 0 saturated carbocycles. The van der Waals surface area contributed by atoms with Gasteiger partial charge in [0.15, 0.2) is 0 Å². The zero-order chi connectivity index (χ0) is 15.3. The quantitative estimate of drug-likeness (QED) is 0.841. The Labute approximate surface area is 127 Å². The molecule has 0 aromatic carbocycles. The fourth-order valence-corrected chi connectivity index (χ4v) is 2.91. The van der Waals surface area contributed by atoms with Crippen LogP contribution in [-0.2, 0) is 16.8 Å². The fraction of sp³-hybridized carbons (Fsp3) is 0.750. The number of aryl methyl sites for hydroxylation is 1. The second kappa shape index (κ2) is 7.07. The third kappa shape index (κ3) is 4.06. The predicted octanol–water partition coefficient (Wildman–Crippen LogP) is 1.83. The van der Waals surface area contributed by atoms with E-state index in [-0.39, 0.29) is 17.4 Å². The number of nitrogens with one attached hydrogen (secondary N) is 2. The van der Waals surface area contributed by atoms with E-state index in [1.807, 2.05) is 19.4 Å². The van der Waals surface area contributed by atoms with E-state index < -0.39 is 0 Å². The van der Waals surface area contributed by atoms with Crippen molar-refractivity contribution in [3.63, 3.8) is 0 Å². The lowest BCUT2D eigenvalue weighted by Gasteiger charge is -2.34. The van der Waals surface area contributed by atoms with Crippen molar-refractivity contribution < 1.29 is 4.79 Å². The fourth-order valence-electron chi connectivity index (χ4n) is 2.91. The molecular weight excluding hydrogens is 264 g/mol. The van der Waals surface area contributed by atoms with Crippen molar-refractivity contribution in [2.45, 2.75) is 64.5 Å². The minimum absolute atomic E-state index is 0.125. The van der Waals surface area contributed by atoms with Gasteiger partial charge in [0.05, 0.1) is 6.33 Å². The molecule has 0 bridgehead atoms. The maximum atomic E-state index is 11.9. The molecular formula is C16H28N4O. The molecule has 1 aromatic heterocycles. The van der Waals surface area contributed by atoms with E-state index in [1.54, 1.807) is 0 Å². The van der Waals surface area contributed by atoms with Crippen molar-refractivity contribution in [1.82, 2.24) is 20.2 Å². The minimum atomic E-state index is 0.125. The van der Waals surface area contributed by atoms with E-state index in [0.717, 1.165) is 32.4 Å². The zero-order valence-electron chi connectivity index (χ0n) is 13.5. The van der Waals surface area contributed by atoms with E-state index in [0.29, 0.717) is 13.0 Å². The van der Waals surface area contributed by atoms with Gasteiger partial charge in [-0.05, 0) is 39.3 Å². The van der Waals surface area contributed by atoms with Crippen molar-refractivity contribution in [3.8, 4) is 0 Å². The molecule has 2 rings (SSSR count). The lowest BCUT2D eigenvalue weighted by molar-refractivity contribution is -0.121. The molecule has 1 aromatic rings. The van der Waals surface area contributed by atoms with Gasteiger partial charge in [0.1, 0.15) is 0 Å². The Bertz CT molecular complexity index is 463. The smallest absolute Gasteiger partial charge is 0.221 e. The zero-order valence-corrected chi connectivity index (χ0v) is 13.5. The van der Waals surface area contributed by atoms with Crippen molar-refractivity contribution in [1.29, 1.82) is 0 Å². The number of hydrogen-bond acceptors (Lipinski definition) is 3. The first-order valence-electron chi connectivity index (χ1n) is 8.06. The second-order valence-electron chi connectivity index (χ2n) is 6.41. The Kier molecular flexibility index (Phi) is 5.39. The minimum Gasteiger partial charge on any atom is -0.354 e. The highest BCUT2D eigenvalue weighted by molar-refractivity contribution is 5.76. The van der Waals surface area contributed by atoms with Gasteiger partial charge in [-0.25, -0.2) is 4.98 Å². The Morgan fingerprint density at radius 3 is 2.90 bits per heavy atom. The second-order valence-corrected chi connectivity index (χ2v) is 6.41. The summed E-state index contributed by atoms with van der Waals surface area (Å²) in [5.74, 6) is 0.125. The van der Waals surface area contributed by atoms with Crippen molar-refractivity contribution >= 4 is 5.91 Å². The van der Waals surface area contributed by atoms with Crippen molar-refractivity contribution in [3.05, 3.63) is 18.2 Å². The summed E-state index contributed by atoms with van der Waals surface area (Å²) in [6, 6.07) is 0.252. The molecule has 2 N–H and O–H groups in total. The topological polar surface area (TPSA) is 59.0 Å². The molecule has 1 aliphatic heterocycles. The molecule has 0 aliphatic carbocycles. The normalized spacial score (nSPS) is 19.2. The first kappa shape index (κ1) is 16.0. The van der Waals surface area contributed by atoms with E-state index in [2.05, 4.69) is 34.0 Å². The number of nitrogens with zero attached hydrogens (tertiary/aromatic N) is 2. The predicted molar refractivity (Wildman–Crippen MR) is 84.2 cm³/mol. The molecule has 0 spiro atoms. The number of carbonyl (C=O) groups excluding carboxylic acids is 1. The number of hydrogen-bond donors (Lipinski definition) is 2. The summed E-state index contributed by atoms with van der Waals surface area (Å²) in [6.07, 6.45) is 7.56. The standard InChI is InChI=1S/C16H28N4O/c1-4-13(2)19-15(21)5-10-20-12-18-11-14(20)16(3)6-8-17-9-7-16/h11-13,17H,4-10H2,1-3H3,(H,19,21). The van der Waals surface area contributed by atoms with Crippen LogP contribution in [0.5, 0.6) is 0 Å². The van der Waals surface area contributed by atoms with Crippen LogP contribution in [0.2, 0.25) is 0 Å². The summed E-state index contributed by atoms with van der Waals surface area (Å²) >= 11 is 0. The summed E-state index contributed by atoms with van der Waals surface area (Å²) < 4.78 is 2.15. The molecule has 2 heterocycles. The van der Waals surface area contributed by atoms with Gasteiger partial charge in [-0.3, -0.25) is 4.79 Å². The van der Waals surface area contributed by atoms with Crippen LogP contribution in [0.4, 0.5) is 0 Å². The van der Waals surface area contributed by atoms with Crippen LogP contribution >= 0.6 is 0 Å². The maximum Gasteiger partial charge on any atom is 0.221 e.